The number of amides is 1. The summed E-state index contributed by atoms with van der Waals surface area (Å²) in [6.07, 6.45) is 3.22. The van der Waals surface area contributed by atoms with E-state index in [0.717, 1.165) is 23.7 Å². The maximum absolute atomic E-state index is 11.9. The molecular formula is C15H21BrN2O. The van der Waals surface area contributed by atoms with Crippen molar-refractivity contribution in [1.82, 2.24) is 10.6 Å². The third-order valence-corrected chi connectivity index (χ3v) is 3.98. The fourth-order valence-corrected chi connectivity index (χ4v) is 2.34. The zero-order valence-electron chi connectivity index (χ0n) is 11.4. The summed E-state index contributed by atoms with van der Waals surface area (Å²) in [6.45, 7) is 4.06. The molecule has 0 bridgehead atoms. The van der Waals surface area contributed by atoms with Crippen LogP contribution in [0.4, 0.5) is 0 Å². The number of benzene rings is 1. The summed E-state index contributed by atoms with van der Waals surface area (Å²) in [7, 11) is 0. The average Bonchev–Trinajstić information content (AvgIpc) is 3.20. The minimum Gasteiger partial charge on any atom is -0.352 e. The van der Waals surface area contributed by atoms with E-state index in [-0.39, 0.29) is 18.0 Å². The van der Waals surface area contributed by atoms with Gasteiger partial charge in [0.1, 0.15) is 0 Å². The number of rotatable bonds is 6. The Morgan fingerprint density at radius 3 is 2.53 bits per heavy atom. The first-order valence-electron chi connectivity index (χ1n) is 6.92. The molecule has 0 aliphatic heterocycles. The Bertz CT molecular complexity index is 428. The smallest absolute Gasteiger partial charge is 0.237 e. The molecule has 3 nitrogen and oxygen atoms in total. The van der Waals surface area contributed by atoms with Crippen molar-refractivity contribution >= 4 is 21.8 Å². The Labute approximate surface area is 123 Å². The molecule has 1 saturated carbocycles. The van der Waals surface area contributed by atoms with Crippen molar-refractivity contribution in [2.45, 2.75) is 51.2 Å². The van der Waals surface area contributed by atoms with Crippen LogP contribution in [0.3, 0.4) is 0 Å². The summed E-state index contributed by atoms with van der Waals surface area (Å²) in [6, 6.07) is 8.74. The number of carbonyl (C=O) groups excluding carboxylic acids is 1. The van der Waals surface area contributed by atoms with Crippen molar-refractivity contribution in [3.05, 3.63) is 34.3 Å². The molecule has 0 aromatic heterocycles. The highest BCUT2D eigenvalue weighted by Gasteiger charge is 2.26. The summed E-state index contributed by atoms with van der Waals surface area (Å²) in [5.41, 5.74) is 1.22. The van der Waals surface area contributed by atoms with Gasteiger partial charge >= 0.3 is 0 Å². The molecule has 1 aromatic carbocycles. The molecule has 0 spiro atoms. The molecule has 0 heterocycles. The van der Waals surface area contributed by atoms with Gasteiger partial charge in [-0.2, -0.15) is 0 Å². The van der Waals surface area contributed by atoms with Gasteiger partial charge in [-0.05, 0) is 43.9 Å². The Morgan fingerprint density at radius 2 is 2.00 bits per heavy atom. The second-order valence-corrected chi connectivity index (χ2v) is 6.10. The first-order valence-corrected chi connectivity index (χ1v) is 7.71. The van der Waals surface area contributed by atoms with E-state index in [1.165, 1.54) is 5.56 Å². The van der Waals surface area contributed by atoms with Crippen LogP contribution in [0, 0.1) is 0 Å². The molecule has 0 saturated heterocycles. The first kappa shape index (κ1) is 14.5. The monoisotopic (exact) mass is 324 g/mol. The largest absolute Gasteiger partial charge is 0.352 e. The Balaban J connectivity index is 1.93. The molecule has 1 fully saturated rings. The summed E-state index contributed by atoms with van der Waals surface area (Å²) < 4.78 is 1.07. The van der Waals surface area contributed by atoms with Crippen LogP contribution in [0.25, 0.3) is 0 Å². The van der Waals surface area contributed by atoms with Crippen LogP contribution in [0.5, 0.6) is 0 Å². The van der Waals surface area contributed by atoms with E-state index < -0.39 is 0 Å². The Morgan fingerprint density at radius 1 is 1.37 bits per heavy atom. The number of halogens is 1. The molecule has 0 unspecified atom stereocenters. The van der Waals surface area contributed by atoms with Gasteiger partial charge in [-0.3, -0.25) is 10.1 Å². The highest BCUT2D eigenvalue weighted by molar-refractivity contribution is 9.10. The second kappa shape index (κ2) is 6.53. The molecule has 2 rings (SSSR count). The quantitative estimate of drug-likeness (QED) is 0.843. The van der Waals surface area contributed by atoms with Crippen LogP contribution in [0.1, 0.15) is 44.7 Å². The van der Waals surface area contributed by atoms with Crippen LogP contribution in [0.15, 0.2) is 28.7 Å². The lowest BCUT2D eigenvalue weighted by molar-refractivity contribution is -0.123. The van der Waals surface area contributed by atoms with Crippen LogP contribution < -0.4 is 10.6 Å². The third-order valence-electron chi connectivity index (χ3n) is 3.45. The van der Waals surface area contributed by atoms with E-state index in [4.69, 9.17) is 0 Å². The predicted molar refractivity (Wildman–Crippen MR) is 80.9 cm³/mol. The molecule has 1 aromatic rings. The van der Waals surface area contributed by atoms with Gasteiger partial charge in [-0.15, -0.1) is 0 Å². The van der Waals surface area contributed by atoms with Crippen molar-refractivity contribution in [2.75, 3.05) is 0 Å². The number of hydrogen-bond acceptors (Lipinski definition) is 2. The molecule has 19 heavy (non-hydrogen) atoms. The van der Waals surface area contributed by atoms with Crippen molar-refractivity contribution in [2.24, 2.45) is 0 Å². The van der Waals surface area contributed by atoms with Gasteiger partial charge < -0.3 is 5.32 Å². The first-order chi connectivity index (χ1) is 9.10. The van der Waals surface area contributed by atoms with Gasteiger partial charge in [0.25, 0.3) is 0 Å². The number of carbonyl (C=O) groups is 1. The molecule has 0 radical (unpaired) electrons. The average molecular weight is 325 g/mol. The highest BCUT2D eigenvalue weighted by Crippen LogP contribution is 2.21. The zero-order valence-corrected chi connectivity index (χ0v) is 13.0. The van der Waals surface area contributed by atoms with Crippen molar-refractivity contribution in [1.29, 1.82) is 0 Å². The minimum atomic E-state index is -0.158. The Hall–Kier alpha value is -0.870. The standard InChI is InChI=1S/C15H21BrN2O/c1-3-14(11-4-6-12(16)7-5-11)17-10(2)15(19)18-13-8-9-13/h4-7,10,13-14,17H,3,8-9H2,1-2H3,(H,18,19)/t10-,14-/m1/s1. The van der Waals surface area contributed by atoms with E-state index in [1.54, 1.807) is 0 Å². The van der Waals surface area contributed by atoms with E-state index in [0.29, 0.717) is 6.04 Å². The predicted octanol–water partition coefficient (Wildman–Crippen LogP) is 3.16. The number of nitrogens with one attached hydrogen (secondary N) is 2. The van der Waals surface area contributed by atoms with E-state index in [2.05, 4.69) is 45.6 Å². The van der Waals surface area contributed by atoms with E-state index >= 15 is 0 Å². The SMILES string of the molecule is CC[C@@H](N[C@H](C)C(=O)NC1CC1)c1ccc(Br)cc1. The summed E-state index contributed by atoms with van der Waals surface area (Å²) in [5, 5.41) is 6.44. The van der Waals surface area contributed by atoms with Gasteiger partial charge in [0.2, 0.25) is 5.91 Å². The van der Waals surface area contributed by atoms with Gasteiger partial charge in [0.15, 0.2) is 0 Å². The summed E-state index contributed by atoms with van der Waals surface area (Å²) in [5.74, 6) is 0.109. The van der Waals surface area contributed by atoms with Gasteiger partial charge in [-0.1, -0.05) is 35.0 Å². The maximum atomic E-state index is 11.9. The fraction of sp³-hybridized carbons (Fsp3) is 0.533. The van der Waals surface area contributed by atoms with Gasteiger partial charge in [0.05, 0.1) is 6.04 Å². The van der Waals surface area contributed by atoms with Gasteiger partial charge in [0, 0.05) is 16.6 Å². The maximum Gasteiger partial charge on any atom is 0.237 e. The molecule has 1 amide bonds. The molecule has 104 valence electrons. The van der Waals surface area contributed by atoms with Crippen molar-refractivity contribution < 1.29 is 4.79 Å². The highest BCUT2D eigenvalue weighted by atomic mass is 79.9. The molecule has 4 heteroatoms. The van der Waals surface area contributed by atoms with Crippen molar-refractivity contribution in [3.63, 3.8) is 0 Å². The van der Waals surface area contributed by atoms with Crippen LogP contribution in [0.2, 0.25) is 0 Å². The lowest BCUT2D eigenvalue weighted by atomic mass is 10.0. The van der Waals surface area contributed by atoms with Crippen LogP contribution in [-0.2, 0) is 4.79 Å². The summed E-state index contributed by atoms with van der Waals surface area (Å²) >= 11 is 3.44. The normalized spacial score (nSPS) is 17.8. The lowest BCUT2D eigenvalue weighted by Crippen LogP contribution is -2.44. The zero-order chi connectivity index (χ0) is 13.8. The third kappa shape index (κ3) is 4.32. The van der Waals surface area contributed by atoms with Crippen molar-refractivity contribution in [3.8, 4) is 0 Å². The number of hydrogen-bond donors (Lipinski definition) is 2. The fourth-order valence-electron chi connectivity index (χ4n) is 2.08. The molecule has 2 atom stereocenters. The van der Waals surface area contributed by atoms with Crippen LogP contribution >= 0.6 is 15.9 Å². The lowest BCUT2D eigenvalue weighted by Gasteiger charge is -2.22. The van der Waals surface area contributed by atoms with Crippen LogP contribution in [-0.4, -0.2) is 18.0 Å². The topological polar surface area (TPSA) is 41.1 Å². The minimum absolute atomic E-state index is 0.109. The summed E-state index contributed by atoms with van der Waals surface area (Å²) in [4.78, 5) is 11.9. The second-order valence-electron chi connectivity index (χ2n) is 5.18. The molecule has 1 aliphatic carbocycles. The molecular weight excluding hydrogens is 304 g/mol. The van der Waals surface area contributed by atoms with E-state index in [1.807, 2.05) is 19.1 Å². The molecule has 2 N–H and O–H groups in total. The Kier molecular flexibility index (Phi) is 4.99. The van der Waals surface area contributed by atoms with E-state index in [9.17, 15) is 4.79 Å². The van der Waals surface area contributed by atoms with Gasteiger partial charge in [-0.25, -0.2) is 0 Å². The molecule has 1 aliphatic rings.